The van der Waals surface area contributed by atoms with Crippen molar-refractivity contribution in [2.45, 2.75) is 26.7 Å². The smallest absolute Gasteiger partial charge is 0.261 e. The van der Waals surface area contributed by atoms with Gasteiger partial charge in [-0.3, -0.25) is 4.79 Å². The van der Waals surface area contributed by atoms with Crippen LogP contribution in [0.5, 0.6) is 0 Å². The number of terminal acetylenes is 1. The first-order chi connectivity index (χ1) is 7.15. The largest absolute Gasteiger partial charge is 0.351 e. The predicted molar refractivity (Wildman–Crippen MR) is 64.2 cm³/mol. The van der Waals surface area contributed by atoms with E-state index in [-0.39, 0.29) is 5.91 Å². The first kappa shape index (κ1) is 11.8. The maximum atomic E-state index is 11.6. The minimum atomic E-state index is 0.00761. The highest BCUT2D eigenvalue weighted by Gasteiger charge is 2.09. The maximum absolute atomic E-state index is 11.6. The van der Waals surface area contributed by atoms with Crippen LogP contribution in [0, 0.1) is 26.2 Å². The van der Waals surface area contributed by atoms with Crippen molar-refractivity contribution in [3.8, 4) is 12.3 Å². The molecule has 2 nitrogen and oxygen atoms in total. The third-order valence-electron chi connectivity index (χ3n) is 2.17. The van der Waals surface area contributed by atoms with Crippen molar-refractivity contribution in [2.24, 2.45) is 0 Å². The van der Waals surface area contributed by atoms with Crippen LogP contribution in [0.15, 0.2) is 6.07 Å². The summed E-state index contributed by atoms with van der Waals surface area (Å²) in [7, 11) is 0. The molecular weight excluding hydrogens is 206 g/mol. The lowest BCUT2D eigenvalue weighted by Gasteiger charge is -2.00. The van der Waals surface area contributed by atoms with Crippen molar-refractivity contribution in [1.29, 1.82) is 0 Å². The molecular formula is C12H15NOS. The average molecular weight is 221 g/mol. The number of amides is 1. The molecule has 80 valence electrons. The molecule has 0 saturated carbocycles. The number of thiophene rings is 1. The zero-order chi connectivity index (χ0) is 11.3. The van der Waals surface area contributed by atoms with E-state index < -0.39 is 0 Å². The number of carbonyl (C=O) groups is 1. The second-order valence-electron chi connectivity index (χ2n) is 3.41. The van der Waals surface area contributed by atoms with Gasteiger partial charge in [-0.2, -0.15) is 0 Å². The van der Waals surface area contributed by atoms with Crippen molar-refractivity contribution in [3.63, 3.8) is 0 Å². The third kappa shape index (κ3) is 3.41. The Morgan fingerprint density at radius 2 is 2.33 bits per heavy atom. The molecule has 0 aromatic carbocycles. The van der Waals surface area contributed by atoms with Gasteiger partial charge in [-0.1, -0.05) is 0 Å². The fourth-order valence-electron chi connectivity index (χ4n) is 1.16. The summed E-state index contributed by atoms with van der Waals surface area (Å²) < 4.78 is 0. The summed E-state index contributed by atoms with van der Waals surface area (Å²) >= 11 is 1.53. The lowest BCUT2D eigenvalue weighted by molar-refractivity contribution is 0.0957. The molecule has 1 aromatic heterocycles. The molecule has 1 aromatic rings. The van der Waals surface area contributed by atoms with Gasteiger partial charge >= 0.3 is 0 Å². The van der Waals surface area contributed by atoms with Gasteiger partial charge in [0.05, 0.1) is 4.88 Å². The van der Waals surface area contributed by atoms with E-state index in [2.05, 4.69) is 11.2 Å². The predicted octanol–water partition coefficient (Wildman–Crippen LogP) is 2.51. The fourth-order valence-corrected chi connectivity index (χ4v) is 2.11. The summed E-state index contributed by atoms with van der Waals surface area (Å²) in [6, 6.07) is 1.93. The molecule has 0 aliphatic rings. The molecule has 1 N–H and O–H groups in total. The van der Waals surface area contributed by atoms with Crippen LogP contribution in [-0.2, 0) is 0 Å². The molecule has 0 bridgehead atoms. The molecule has 0 radical (unpaired) electrons. The quantitative estimate of drug-likeness (QED) is 0.614. The number of hydrogen-bond acceptors (Lipinski definition) is 2. The second-order valence-corrected chi connectivity index (χ2v) is 4.67. The van der Waals surface area contributed by atoms with Gasteiger partial charge in [0.1, 0.15) is 0 Å². The Bertz CT molecular complexity index is 367. The molecule has 1 heterocycles. The second kappa shape index (κ2) is 5.57. The van der Waals surface area contributed by atoms with Gasteiger partial charge in [0.25, 0.3) is 5.91 Å². The summed E-state index contributed by atoms with van der Waals surface area (Å²) in [6.45, 7) is 4.69. The van der Waals surface area contributed by atoms with Crippen molar-refractivity contribution in [2.75, 3.05) is 6.54 Å². The highest BCUT2D eigenvalue weighted by Crippen LogP contribution is 2.20. The van der Waals surface area contributed by atoms with E-state index in [1.54, 1.807) is 0 Å². The molecule has 1 rings (SSSR count). The van der Waals surface area contributed by atoms with Gasteiger partial charge in [-0.15, -0.1) is 23.7 Å². The maximum Gasteiger partial charge on any atom is 0.261 e. The summed E-state index contributed by atoms with van der Waals surface area (Å²) in [5.41, 5.74) is 1.17. The molecule has 0 atom stereocenters. The number of nitrogens with one attached hydrogen (secondary N) is 1. The topological polar surface area (TPSA) is 29.1 Å². The van der Waals surface area contributed by atoms with Gasteiger partial charge in [0.15, 0.2) is 0 Å². The van der Waals surface area contributed by atoms with Crippen molar-refractivity contribution >= 4 is 17.2 Å². The first-order valence-corrected chi connectivity index (χ1v) is 5.75. The summed E-state index contributed by atoms with van der Waals surface area (Å²) in [4.78, 5) is 13.6. The summed E-state index contributed by atoms with van der Waals surface area (Å²) in [5, 5.41) is 2.85. The van der Waals surface area contributed by atoms with E-state index in [1.807, 2.05) is 19.9 Å². The Morgan fingerprint density at radius 1 is 1.60 bits per heavy atom. The van der Waals surface area contributed by atoms with E-state index in [9.17, 15) is 4.79 Å². The lowest BCUT2D eigenvalue weighted by Crippen LogP contribution is -2.23. The standard InChI is InChI=1S/C12H15NOS/c1-4-5-6-7-13-12(14)11-8-9(2)10(3)15-11/h1,8H,5-7H2,2-3H3,(H,13,14). The fraction of sp³-hybridized carbons (Fsp3) is 0.417. The van der Waals surface area contributed by atoms with Gasteiger partial charge in [0, 0.05) is 17.8 Å². The Kier molecular flexibility index (Phi) is 4.38. The molecule has 1 amide bonds. The molecule has 0 fully saturated rings. The van der Waals surface area contributed by atoms with Crippen LogP contribution < -0.4 is 5.32 Å². The Labute approximate surface area is 94.7 Å². The summed E-state index contributed by atoms with van der Waals surface area (Å²) in [6.07, 6.45) is 6.67. The zero-order valence-electron chi connectivity index (χ0n) is 9.09. The minimum Gasteiger partial charge on any atom is -0.351 e. The Morgan fingerprint density at radius 3 is 2.87 bits per heavy atom. The van der Waals surface area contributed by atoms with Crippen molar-refractivity contribution < 1.29 is 4.79 Å². The zero-order valence-corrected chi connectivity index (χ0v) is 9.91. The van der Waals surface area contributed by atoms with Crippen LogP contribution in [0.4, 0.5) is 0 Å². The van der Waals surface area contributed by atoms with Crippen LogP contribution in [0.1, 0.15) is 33.0 Å². The number of aryl methyl sites for hydroxylation is 2. The number of unbranched alkanes of at least 4 members (excludes halogenated alkanes) is 1. The molecule has 3 heteroatoms. The molecule has 0 aliphatic heterocycles. The van der Waals surface area contributed by atoms with Gasteiger partial charge in [-0.25, -0.2) is 0 Å². The summed E-state index contributed by atoms with van der Waals surface area (Å²) in [5.74, 6) is 2.55. The Hall–Kier alpha value is -1.27. The highest BCUT2D eigenvalue weighted by atomic mass is 32.1. The molecule has 15 heavy (non-hydrogen) atoms. The molecule has 0 unspecified atom stereocenters. The van der Waals surface area contributed by atoms with E-state index in [0.29, 0.717) is 13.0 Å². The SMILES string of the molecule is C#CCCCNC(=O)c1cc(C)c(C)s1. The monoisotopic (exact) mass is 221 g/mol. The average Bonchev–Trinajstić information content (AvgIpc) is 2.54. The van der Waals surface area contributed by atoms with E-state index in [0.717, 1.165) is 11.3 Å². The van der Waals surface area contributed by atoms with Crippen LogP contribution in [0.25, 0.3) is 0 Å². The lowest BCUT2D eigenvalue weighted by atomic mass is 10.3. The minimum absolute atomic E-state index is 0.00761. The van der Waals surface area contributed by atoms with Crippen LogP contribution >= 0.6 is 11.3 Å². The van der Waals surface area contributed by atoms with Crippen LogP contribution in [-0.4, -0.2) is 12.5 Å². The normalized spacial score (nSPS) is 9.67. The number of rotatable bonds is 4. The highest BCUT2D eigenvalue weighted by molar-refractivity contribution is 7.14. The Balaban J connectivity index is 2.44. The van der Waals surface area contributed by atoms with E-state index in [1.165, 1.54) is 21.8 Å². The third-order valence-corrected chi connectivity index (χ3v) is 3.32. The van der Waals surface area contributed by atoms with Gasteiger partial charge in [-0.05, 0) is 31.9 Å². The van der Waals surface area contributed by atoms with Crippen LogP contribution in [0.3, 0.4) is 0 Å². The number of carbonyl (C=O) groups excluding carboxylic acids is 1. The van der Waals surface area contributed by atoms with E-state index >= 15 is 0 Å². The molecule has 0 saturated heterocycles. The molecule has 0 spiro atoms. The number of hydrogen-bond donors (Lipinski definition) is 1. The molecule has 0 aliphatic carbocycles. The van der Waals surface area contributed by atoms with Crippen molar-refractivity contribution in [3.05, 3.63) is 21.4 Å². The van der Waals surface area contributed by atoms with Gasteiger partial charge in [0.2, 0.25) is 0 Å². The van der Waals surface area contributed by atoms with Crippen molar-refractivity contribution in [1.82, 2.24) is 5.32 Å². The van der Waals surface area contributed by atoms with E-state index in [4.69, 9.17) is 6.42 Å². The first-order valence-electron chi connectivity index (χ1n) is 4.94. The van der Waals surface area contributed by atoms with Gasteiger partial charge < -0.3 is 5.32 Å². The van der Waals surface area contributed by atoms with Crippen LogP contribution in [0.2, 0.25) is 0 Å².